The molecule has 1 heterocycles. The van der Waals surface area contributed by atoms with E-state index in [9.17, 15) is 0 Å². The van der Waals surface area contributed by atoms with Crippen molar-refractivity contribution >= 4 is 11.8 Å². The molecule has 0 aromatic heterocycles. The SMILES string of the molecule is CCCCNC1NCCCS1. The maximum absolute atomic E-state index is 3.47. The van der Waals surface area contributed by atoms with Crippen molar-refractivity contribution in [1.82, 2.24) is 10.6 Å². The molecule has 1 fully saturated rings. The van der Waals surface area contributed by atoms with Crippen LogP contribution >= 0.6 is 11.8 Å². The molecule has 0 spiro atoms. The van der Waals surface area contributed by atoms with Crippen LogP contribution in [0.3, 0.4) is 0 Å². The highest BCUT2D eigenvalue weighted by Gasteiger charge is 2.10. The van der Waals surface area contributed by atoms with E-state index >= 15 is 0 Å². The van der Waals surface area contributed by atoms with Crippen molar-refractivity contribution in [3.05, 3.63) is 0 Å². The first kappa shape index (κ1) is 9.36. The minimum atomic E-state index is 0.523. The molecule has 1 atom stereocenters. The normalized spacial score (nSPS) is 25.4. The van der Waals surface area contributed by atoms with Crippen LogP contribution in [0.1, 0.15) is 26.2 Å². The Morgan fingerprint density at radius 3 is 3.18 bits per heavy atom. The van der Waals surface area contributed by atoms with Crippen molar-refractivity contribution in [3.8, 4) is 0 Å². The van der Waals surface area contributed by atoms with Crippen LogP contribution in [0.2, 0.25) is 0 Å². The molecule has 1 aliphatic heterocycles. The van der Waals surface area contributed by atoms with Gasteiger partial charge in [-0.1, -0.05) is 13.3 Å². The maximum atomic E-state index is 3.47. The van der Waals surface area contributed by atoms with Gasteiger partial charge in [0.15, 0.2) is 0 Å². The molecule has 1 saturated heterocycles. The average Bonchev–Trinajstić information content (AvgIpc) is 2.07. The van der Waals surface area contributed by atoms with Gasteiger partial charge in [0, 0.05) is 0 Å². The van der Waals surface area contributed by atoms with Gasteiger partial charge in [-0.25, -0.2) is 0 Å². The fourth-order valence-electron chi connectivity index (χ4n) is 1.11. The van der Waals surface area contributed by atoms with Crippen molar-refractivity contribution < 1.29 is 0 Å². The summed E-state index contributed by atoms with van der Waals surface area (Å²) in [6.45, 7) is 4.56. The van der Waals surface area contributed by atoms with Crippen LogP contribution in [-0.2, 0) is 0 Å². The van der Waals surface area contributed by atoms with Crippen molar-refractivity contribution in [3.63, 3.8) is 0 Å². The highest BCUT2D eigenvalue weighted by Crippen LogP contribution is 2.11. The van der Waals surface area contributed by atoms with E-state index in [1.54, 1.807) is 0 Å². The lowest BCUT2D eigenvalue weighted by Crippen LogP contribution is -2.43. The minimum Gasteiger partial charge on any atom is -0.293 e. The molecule has 66 valence electrons. The van der Waals surface area contributed by atoms with Crippen LogP contribution in [-0.4, -0.2) is 24.3 Å². The molecule has 2 nitrogen and oxygen atoms in total. The molecule has 11 heavy (non-hydrogen) atoms. The highest BCUT2D eigenvalue weighted by molar-refractivity contribution is 7.99. The van der Waals surface area contributed by atoms with E-state index in [1.165, 1.54) is 31.6 Å². The summed E-state index contributed by atoms with van der Waals surface area (Å²) in [4.78, 5) is 0. The fraction of sp³-hybridized carbons (Fsp3) is 1.00. The van der Waals surface area contributed by atoms with Crippen LogP contribution < -0.4 is 10.6 Å². The molecular formula is C8H18N2S. The van der Waals surface area contributed by atoms with Crippen LogP contribution in [0.25, 0.3) is 0 Å². The Kier molecular flexibility index (Phi) is 4.99. The smallest absolute Gasteiger partial charge is 0.105 e. The van der Waals surface area contributed by atoms with Gasteiger partial charge in [0.2, 0.25) is 0 Å². The van der Waals surface area contributed by atoms with E-state index in [4.69, 9.17) is 0 Å². The topological polar surface area (TPSA) is 24.1 Å². The second kappa shape index (κ2) is 5.86. The number of unbranched alkanes of at least 4 members (excludes halogenated alkanes) is 1. The minimum absolute atomic E-state index is 0.523. The largest absolute Gasteiger partial charge is 0.293 e. The summed E-state index contributed by atoms with van der Waals surface area (Å²) < 4.78 is 0. The summed E-state index contributed by atoms with van der Waals surface area (Å²) in [5.41, 5.74) is 0.523. The predicted molar refractivity (Wildman–Crippen MR) is 51.8 cm³/mol. The first-order valence-corrected chi connectivity index (χ1v) is 5.56. The van der Waals surface area contributed by atoms with Gasteiger partial charge >= 0.3 is 0 Å². The molecule has 3 heteroatoms. The molecule has 1 unspecified atom stereocenters. The molecule has 1 aliphatic rings. The zero-order valence-corrected chi connectivity index (χ0v) is 8.04. The third-order valence-corrected chi connectivity index (χ3v) is 2.99. The maximum Gasteiger partial charge on any atom is 0.105 e. The summed E-state index contributed by atoms with van der Waals surface area (Å²) >= 11 is 1.99. The summed E-state index contributed by atoms with van der Waals surface area (Å²) in [6.07, 6.45) is 3.89. The van der Waals surface area contributed by atoms with Crippen LogP contribution in [0.4, 0.5) is 0 Å². The van der Waals surface area contributed by atoms with E-state index in [0.717, 1.165) is 6.54 Å². The molecule has 0 saturated carbocycles. The molecule has 0 aliphatic carbocycles. The first-order chi connectivity index (χ1) is 5.43. The number of hydrogen-bond acceptors (Lipinski definition) is 3. The number of thioether (sulfide) groups is 1. The third-order valence-electron chi connectivity index (χ3n) is 1.80. The number of hydrogen-bond donors (Lipinski definition) is 2. The van der Waals surface area contributed by atoms with Crippen LogP contribution in [0.15, 0.2) is 0 Å². The summed E-state index contributed by atoms with van der Waals surface area (Å²) in [5, 5.41) is 6.90. The Bertz CT molecular complexity index is 92.1. The highest BCUT2D eigenvalue weighted by atomic mass is 32.2. The van der Waals surface area contributed by atoms with Gasteiger partial charge in [-0.15, -0.1) is 11.8 Å². The van der Waals surface area contributed by atoms with Crippen molar-refractivity contribution in [2.75, 3.05) is 18.8 Å². The van der Waals surface area contributed by atoms with Crippen molar-refractivity contribution in [1.29, 1.82) is 0 Å². The lowest BCUT2D eigenvalue weighted by atomic mass is 10.3. The van der Waals surface area contributed by atoms with Gasteiger partial charge < -0.3 is 0 Å². The molecule has 2 N–H and O–H groups in total. The molecule has 0 aromatic rings. The van der Waals surface area contributed by atoms with E-state index < -0.39 is 0 Å². The fourth-order valence-corrected chi connectivity index (χ4v) is 2.12. The second-order valence-electron chi connectivity index (χ2n) is 2.87. The van der Waals surface area contributed by atoms with E-state index in [-0.39, 0.29) is 0 Å². The van der Waals surface area contributed by atoms with E-state index in [0.29, 0.717) is 5.50 Å². The molecule has 1 rings (SSSR count). The average molecular weight is 174 g/mol. The van der Waals surface area contributed by atoms with Crippen molar-refractivity contribution in [2.24, 2.45) is 0 Å². The second-order valence-corrected chi connectivity index (χ2v) is 4.08. The summed E-state index contributed by atoms with van der Waals surface area (Å²) in [6, 6.07) is 0. The Morgan fingerprint density at radius 2 is 2.55 bits per heavy atom. The lowest BCUT2D eigenvalue weighted by molar-refractivity contribution is 0.518. The molecule has 0 radical (unpaired) electrons. The van der Waals surface area contributed by atoms with E-state index in [1.807, 2.05) is 11.8 Å². The monoisotopic (exact) mass is 174 g/mol. The molecule has 0 bridgehead atoms. The molecule has 0 aromatic carbocycles. The molecular weight excluding hydrogens is 156 g/mol. The van der Waals surface area contributed by atoms with Gasteiger partial charge in [-0.3, -0.25) is 10.6 Å². The van der Waals surface area contributed by atoms with Crippen molar-refractivity contribution in [2.45, 2.75) is 31.7 Å². The van der Waals surface area contributed by atoms with E-state index in [2.05, 4.69) is 17.6 Å². The van der Waals surface area contributed by atoms with Gasteiger partial charge in [0.05, 0.1) is 0 Å². The van der Waals surface area contributed by atoms with Gasteiger partial charge in [0.1, 0.15) is 5.50 Å². The van der Waals surface area contributed by atoms with Gasteiger partial charge in [-0.05, 0) is 31.7 Å². The predicted octanol–water partition coefficient (Wildman–Crippen LogP) is 1.39. The quantitative estimate of drug-likeness (QED) is 0.630. The first-order valence-electron chi connectivity index (χ1n) is 4.52. The van der Waals surface area contributed by atoms with Gasteiger partial charge in [0.25, 0.3) is 0 Å². The zero-order chi connectivity index (χ0) is 7.94. The Labute approximate surface area is 73.5 Å². The van der Waals surface area contributed by atoms with Crippen LogP contribution in [0, 0.1) is 0 Å². The Morgan fingerprint density at radius 1 is 1.64 bits per heavy atom. The lowest BCUT2D eigenvalue weighted by Gasteiger charge is -2.23. The zero-order valence-electron chi connectivity index (χ0n) is 7.23. The van der Waals surface area contributed by atoms with Crippen LogP contribution in [0.5, 0.6) is 0 Å². The number of nitrogens with one attached hydrogen (secondary N) is 2. The standard InChI is InChI=1S/C8H18N2S/c1-2-3-5-9-8-10-6-4-7-11-8/h8-10H,2-7H2,1H3. The van der Waals surface area contributed by atoms with Gasteiger partial charge in [-0.2, -0.15) is 0 Å². The Balaban J connectivity index is 1.96. The molecule has 0 amide bonds. The number of rotatable bonds is 4. The Hall–Kier alpha value is 0.270. The summed E-state index contributed by atoms with van der Waals surface area (Å²) in [7, 11) is 0. The summed E-state index contributed by atoms with van der Waals surface area (Å²) in [5.74, 6) is 1.30. The third kappa shape index (κ3) is 3.99.